The summed E-state index contributed by atoms with van der Waals surface area (Å²) < 4.78 is 38.3. The van der Waals surface area contributed by atoms with E-state index in [0.29, 0.717) is 19.3 Å². The maximum atomic E-state index is 12.8. The Labute approximate surface area is 116 Å². The molecular formula is C14H22F3NO2. The van der Waals surface area contributed by atoms with Gasteiger partial charge in [0.2, 0.25) is 0 Å². The molecule has 0 aromatic heterocycles. The molecule has 0 amide bonds. The van der Waals surface area contributed by atoms with Gasteiger partial charge in [-0.25, -0.2) is 0 Å². The van der Waals surface area contributed by atoms with Crippen LogP contribution in [0.25, 0.3) is 0 Å². The Kier molecular flexibility index (Phi) is 4.94. The lowest BCUT2D eigenvalue weighted by molar-refractivity contribution is -0.184. The number of hydrogen-bond acceptors (Lipinski definition) is 2. The van der Waals surface area contributed by atoms with E-state index in [9.17, 15) is 18.0 Å². The number of aliphatic carboxylic acids is 1. The minimum atomic E-state index is -4.10. The minimum absolute atomic E-state index is 0.0573. The third-order valence-electron chi connectivity index (χ3n) is 4.63. The molecule has 0 heterocycles. The van der Waals surface area contributed by atoms with E-state index in [1.54, 1.807) is 0 Å². The Morgan fingerprint density at radius 1 is 1.00 bits per heavy atom. The fourth-order valence-corrected chi connectivity index (χ4v) is 3.54. The lowest BCUT2D eigenvalue weighted by Gasteiger charge is -2.36. The highest BCUT2D eigenvalue weighted by Crippen LogP contribution is 2.38. The fourth-order valence-electron chi connectivity index (χ4n) is 3.54. The van der Waals surface area contributed by atoms with Crippen LogP contribution in [0.15, 0.2) is 0 Å². The zero-order valence-corrected chi connectivity index (χ0v) is 11.5. The number of carbonyl (C=O) groups is 1. The minimum Gasteiger partial charge on any atom is -0.481 e. The number of hydrogen-bond donors (Lipinski definition) is 2. The Morgan fingerprint density at radius 3 is 2.20 bits per heavy atom. The van der Waals surface area contributed by atoms with Gasteiger partial charge in [-0.1, -0.05) is 12.8 Å². The predicted octanol–water partition coefficient (Wildman–Crippen LogP) is 3.34. The number of rotatable bonds is 3. The van der Waals surface area contributed by atoms with E-state index in [1.807, 2.05) is 0 Å². The lowest BCUT2D eigenvalue weighted by atomic mass is 9.82. The van der Waals surface area contributed by atoms with Gasteiger partial charge in [0.1, 0.15) is 0 Å². The average molecular weight is 293 g/mol. The van der Waals surface area contributed by atoms with E-state index in [-0.39, 0.29) is 30.8 Å². The van der Waals surface area contributed by atoms with Crippen LogP contribution in [0.2, 0.25) is 0 Å². The van der Waals surface area contributed by atoms with E-state index in [0.717, 1.165) is 19.3 Å². The van der Waals surface area contributed by atoms with Gasteiger partial charge in [-0.05, 0) is 38.5 Å². The van der Waals surface area contributed by atoms with Gasteiger partial charge in [-0.3, -0.25) is 4.79 Å². The normalized spacial score (nSPS) is 35.8. The molecule has 2 aliphatic carbocycles. The van der Waals surface area contributed by atoms with Crippen molar-refractivity contribution in [2.45, 2.75) is 69.6 Å². The van der Waals surface area contributed by atoms with Gasteiger partial charge in [-0.15, -0.1) is 0 Å². The molecule has 0 saturated heterocycles. The first-order chi connectivity index (χ1) is 9.36. The van der Waals surface area contributed by atoms with Crippen molar-refractivity contribution in [2.24, 2.45) is 11.8 Å². The van der Waals surface area contributed by atoms with Crippen molar-refractivity contribution in [2.75, 3.05) is 0 Å². The van der Waals surface area contributed by atoms with Crippen LogP contribution < -0.4 is 5.32 Å². The van der Waals surface area contributed by atoms with E-state index in [1.165, 1.54) is 0 Å². The molecule has 6 heteroatoms. The molecule has 0 radical (unpaired) electrons. The topological polar surface area (TPSA) is 49.3 Å². The van der Waals surface area contributed by atoms with Crippen LogP contribution in [-0.4, -0.2) is 29.3 Å². The van der Waals surface area contributed by atoms with Crippen molar-refractivity contribution in [3.05, 3.63) is 0 Å². The summed E-state index contributed by atoms with van der Waals surface area (Å²) >= 11 is 0. The van der Waals surface area contributed by atoms with Crippen molar-refractivity contribution in [3.63, 3.8) is 0 Å². The predicted molar refractivity (Wildman–Crippen MR) is 68.3 cm³/mol. The second-order valence-corrected chi connectivity index (χ2v) is 6.17. The van der Waals surface area contributed by atoms with Crippen molar-refractivity contribution in [1.82, 2.24) is 5.32 Å². The monoisotopic (exact) mass is 293 g/mol. The molecule has 0 bridgehead atoms. The third-order valence-corrected chi connectivity index (χ3v) is 4.63. The number of carboxylic acid groups (broad SMARTS) is 1. The zero-order valence-electron chi connectivity index (χ0n) is 11.5. The fraction of sp³-hybridized carbons (Fsp3) is 0.929. The molecule has 4 unspecified atom stereocenters. The van der Waals surface area contributed by atoms with Gasteiger partial charge in [0.05, 0.1) is 11.8 Å². The van der Waals surface area contributed by atoms with Gasteiger partial charge in [0, 0.05) is 12.1 Å². The molecule has 2 N–H and O–H groups in total. The zero-order chi connectivity index (χ0) is 14.8. The van der Waals surface area contributed by atoms with Gasteiger partial charge in [-0.2, -0.15) is 13.2 Å². The summed E-state index contributed by atoms with van der Waals surface area (Å²) in [5.41, 5.74) is 0. The smallest absolute Gasteiger partial charge is 0.391 e. The van der Waals surface area contributed by atoms with E-state index in [4.69, 9.17) is 5.11 Å². The highest BCUT2D eigenvalue weighted by atomic mass is 19.4. The van der Waals surface area contributed by atoms with Crippen LogP contribution >= 0.6 is 0 Å². The molecule has 2 aliphatic rings. The maximum Gasteiger partial charge on any atom is 0.391 e. The molecule has 3 nitrogen and oxygen atoms in total. The second kappa shape index (κ2) is 6.33. The quantitative estimate of drug-likeness (QED) is 0.839. The molecule has 4 atom stereocenters. The Morgan fingerprint density at radius 2 is 1.60 bits per heavy atom. The molecular weight excluding hydrogens is 271 g/mol. The molecule has 2 saturated carbocycles. The highest BCUT2D eigenvalue weighted by molar-refractivity contribution is 5.70. The lowest BCUT2D eigenvalue weighted by Crippen LogP contribution is -2.45. The summed E-state index contributed by atoms with van der Waals surface area (Å²) in [7, 11) is 0. The molecule has 0 aromatic carbocycles. The number of carboxylic acids is 1. The van der Waals surface area contributed by atoms with E-state index < -0.39 is 18.1 Å². The molecule has 2 fully saturated rings. The van der Waals surface area contributed by atoms with Crippen molar-refractivity contribution in [1.29, 1.82) is 0 Å². The van der Waals surface area contributed by atoms with Crippen molar-refractivity contribution in [3.8, 4) is 0 Å². The van der Waals surface area contributed by atoms with Crippen LogP contribution in [0.5, 0.6) is 0 Å². The first-order valence-corrected chi connectivity index (χ1v) is 7.42. The standard InChI is InChI=1S/C14H22F3NO2/c15-14(16,17)10-4-2-6-12(8-10)18-11-5-1-3-9(7-11)13(19)20/h9-12,18H,1-8H2,(H,19,20). The van der Waals surface area contributed by atoms with Crippen LogP contribution in [0.3, 0.4) is 0 Å². The Bertz CT molecular complexity index is 346. The van der Waals surface area contributed by atoms with Crippen LogP contribution in [0.1, 0.15) is 51.4 Å². The van der Waals surface area contributed by atoms with Gasteiger partial charge in [0.25, 0.3) is 0 Å². The van der Waals surface area contributed by atoms with Crippen LogP contribution in [0, 0.1) is 11.8 Å². The van der Waals surface area contributed by atoms with Crippen molar-refractivity contribution < 1.29 is 23.1 Å². The summed E-state index contributed by atoms with van der Waals surface area (Å²) in [6.07, 6.45) is 0.559. The second-order valence-electron chi connectivity index (χ2n) is 6.17. The van der Waals surface area contributed by atoms with Gasteiger partial charge < -0.3 is 10.4 Å². The average Bonchev–Trinajstić information content (AvgIpc) is 2.38. The molecule has 0 spiro atoms. The summed E-state index contributed by atoms with van der Waals surface area (Å²) in [5, 5.41) is 12.3. The SMILES string of the molecule is O=C(O)C1CCCC(NC2CCCC(C(F)(F)F)C2)C1. The molecule has 0 aliphatic heterocycles. The number of alkyl halides is 3. The summed E-state index contributed by atoms with van der Waals surface area (Å²) in [6.45, 7) is 0. The molecule has 0 aromatic rings. The molecule has 20 heavy (non-hydrogen) atoms. The van der Waals surface area contributed by atoms with Crippen molar-refractivity contribution >= 4 is 5.97 Å². The number of halogens is 3. The molecule has 116 valence electrons. The Balaban J connectivity index is 1.85. The van der Waals surface area contributed by atoms with Crippen LogP contribution in [-0.2, 0) is 4.79 Å². The number of nitrogens with one attached hydrogen (secondary N) is 1. The largest absolute Gasteiger partial charge is 0.481 e. The van der Waals surface area contributed by atoms with Gasteiger partial charge in [0.15, 0.2) is 0 Å². The van der Waals surface area contributed by atoms with E-state index in [2.05, 4.69) is 5.32 Å². The van der Waals surface area contributed by atoms with Crippen LogP contribution in [0.4, 0.5) is 13.2 Å². The maximum absolute atomic E-state index is 12.8. The Hall–Kier alpha value is -0.780. The first kappa shape index (κ1) is 15.6. The third kappa shape index (κ3) is 4.11. The summed E-state index contributed by atoms with van der Waals surface area (Å²) in [4.78, 5) is 11.0. The first-order valence-electron chi connectivity index (χ1n) is 7.42. The van der Waals surface area contributed by atoms with E-state index >= 15 is 0 Å². The molecule has 2 rings (SSSR count). The van der Waals surface area contributed by atoms with Gasteiger partial charge >= 0.3 is 12.1 Å². The summed E-state index contributed by atoms with van der Waals surface area (Å²) in [5.74, 6) is -2.33. The highest BCUT2D eigenvalue weighted by Gasteiger charge is 2.42. The summed E-state index contributed by atoms with van der Waals surface area (Å²) in [6, 6.07) is -0.0604.